The van der Waals surface area contributed by atoms with Gasteiger partial charge in [0.25, 0.3) is 10.0 Å². The Bertz CT molecular complexity index is 1340. The van der Waals surface area contributed by atoms with Crippen molar-refractivity contribution < 1.29 is 18.0 Å². The summed E-state index contributed by atoms with van der Waals surface area (Å²) >= 11 is 0. The van der Waals surface area contributed by atoms with Gasteiger partial charge in [0.05, 0.1) is 10.6 Å². The number of carbonyl (C=O) groups is 2. The second-order valence-corrected chi connectivity index (χ2v) is 11.1. The molecule has 2 amide bonds. The number of benzene rings is 3. The van der Waals surface area contributed by atoms with Gasteiger partial charge in [0.1, 0.15) is 12.6 Å². The second-order valence-electron chi connectivity index (χ2n) is 9.21. The Balaban J connectivity index is 2.05. The molecular formula is C29H35N3O4S. The number of carbonyl (C=O) groups excluding carboxylic acids is 2. The highest BCUT2D eigenvalue weighted by Crippen LogP contribution is 2.25. The van der Waals surface area contributed by atoms with Gasteiger partial charge in [0.2, 0.25) is 11.8 Å². The molecule has 8 heteroatoms. The highest BCUT2D eigenvalue weighted by molar-refractivity contribution is 7.92. The van der Waals surface area contributed by atoms with Gasteiger partial charge in [0.15, 0.2) is 0 Å². The van der Waals surface area contributed by atoms with Crippen LogP contribution in [0.15, 0.2) is 77.7 Å². The van der Waals surface area contributed by atoms with Crippen LogP contribution in [0.5, 0.6) is 0 Å². The van der Waals surface area contributed by atoms with Crippen molar-refractivity contribution in [3.8, 4) is 0 Å². The molecule has 3 aromatic rings. The van der Waals surface area contributed by atoms with E-state index in [1.165, 1.54) is 11.9 Å². The lowest BCUT2D eigenvalue weighted by molar-refractivity contribution is -0.140. The van der Waals surface area contributed by atoms with E-state index in [1.54, 1.807) is 48.5 Å². The molecule has 0 aliphatic carbocycles. The quantitative estimate of drug-likeness (QED) is 0.430. The molecule has 3 rings (SSSR count). The Kier molecular flexibility index (Phi) is 9.10. The van der Waals surface area contributed by atoms with Crippen molar-refractivity contribution >= 4 is 27.5 Å². The van der Waals surface area contributed by atoms with E-state index in [2.05, 4.69) is 5.32 Å². The number of anilines is 1. The summed E-state index contributed by atoms with van der Waals surface area (Å²) < 4.78 is 28.7. The first-order valence-corrected chi connectivity index (χ1v) is 13.7. The molecule has 3 aromatic carbocycles. The van der Waals surface area contributed by atoms with Gasteiger partial charge in [-0.2, -0.15) is 0 Å². The van der Waals surface area contributed by atoms with Gasteiger partial charge >= 0.3 is 0 Å². The van der Waals surface area contributed by atoms with Gasteiger partial charge < -0.3 is 10.2 Å². The minimum atomic E-state index is -4.06. The van der Waals surface area contributed by atoms with Gasteiger partial charge in [-0.1, -0.05) is 72.1 Å². The van der Waals surface area contributed by atoms with Crippen molar-refractivity contribution in [2.24, 2.45) is 0 Å². The minimum Gasteiger partial charge on any atom is -0.357 e. The maximum Gasteiger partial charge on any atom is 0.264 e. The first kappa shape index (κ1) is 27.9. The molecular weight excluding hydrogens is 486 g/mol. The highest BCUT2D eigenvalue weighted by atomic mass is 32.2. The van der Waals surface area contributed by atoms with Crippen molar-refractivity contribution in [1.82, 2.24) is 10.2 Å². The third-order valence-electron chi connectivity index (χ3n) is 6.28. The smallest absolute Gasteiger partial charge is 0.264 e. The lowest BCUT2D eigenvalue weighted by atomic mass is 10.1. The fourth-order valence-corrected chi connectivity index (χ4v) is 5.58. The van der Waals surface area contributed by atoms with Gasteiger partial charge in [-0.25, -0.2) is 8.42 Å². The highest BCUT2D eigenvalue weighted by Gasteiger charge is 2.33. The number of nitrogens with one attached hydrogen (secondary N) is 1. The summed E-state index contributed by atoms with van der Waals surface area (Å²) in [4.78, 5) is 28.2. The molecule has 0 radical (unpaired) electrons. The van der Waals surface area contributed by atoms with Crippen LogP contribution in [0.1, 0.15) is 35.6 Å². The van der Waals surface area contributed by atoms with E-state index in [4.69, 9.17) is 0 Å². The molecule has 7 nitrogen and oxygen atoms in total. The zero-order valence-electron chi connectivity index (χ0n) is 22.1. The van der Waals surface area contributed by atoms with Gasteiger partial charge in [-0.3, -0.25) is 13.9 Å². The van der Waals surface area contributed by atoms with Gasteiger partial charge in [0, 0.05) is 13.6 Å². The predicted octanol–water partition coefficient (Wildman–Crippen LogP) is 4.36. The Morgan fingerprint density at radius 1 is 0.865 bits per heavy atom. The molecule has 37 heavy (non-hydrogen) atoms. The van der Waals surface area contributed by atoms with Crippen LogP contribution in [0.25, 0.3) is 0 Å². The minimum absolute atomic E-state index is 0.0926. The molecule has 0 aliphatic rings. The Morgan fingerprint density at radius 2 is 1.46 bits per heavy atom. The summed E-state index contributed by atoms with van der Waals surface area (Å²) in [5.74, 6) is -0.764. The van der Waals surface area contributed by atoms with Crippen molar-refractivity contribution in [2.45, 2.75) is 51.6 Å². The van der Waals surface area contributed by atoms with E-state index in [-0.39, 0.29) is 17.3 Å². The van der Waals surface area contributed by atoms with Crippen molar-refractivity contribution in [2.75, 3.05) is 17.9 Å². The van der Waals surface area contributed by atoms with Crippen LogP contribution in [-0.2, 0) is 26.2 Å². The lowest BCUT2D eigenvalue weighted by Gasteiger charge is -2.33. The molecule has 0 bridgehead atoms. The molecule has 1 atom stereocenters. The monoisotopic (exact) mass is 521 g/mol. The molecule has 0 aromatic heterocycles. The van der Waals surface area contributed by atoms with Crippen LogP contribution >= 0.6 is 0 Å². The summed E-state index contributed by atoms with van der Waals surface area (Å²) in [5, 5.41) is 2.64. The first-order chi connectivity index (χ1) is 17.6. The van der Waals surface area contributed by atoms with Crippen molar-refractivity contribution in [3.63, 3.8) is 0 Å². The number of aryl methyl sites for hydroxylation is 3. The lowest BCUT2D eigenvalue weighted by Crippen LogP contribution is -2.51. The van der Waals surface area contributed by atoms with Crippen LogP contribution in [0.3, 0.4) is 0 Å². The summed E-state index contributed by atoms with van der Waals surface area (Å²) in [5.41, 5.74) is 4.16. The van der Waals surface area contributed by atoms with Crippen LogP contribution in [-0.4, -0.2) is 44.8 Å². The number of hydrogen-bond acceptors (Lipinski definition) is 4. The SMILES string of the molecule is CC[C@@H](C(=O)NC)N(Cc1cccc(C)c1)C(=O)CN(c1ccc(C)cc1)S(=O)(=O)c1ccc(C)cc1. The number of nitrogens with zero attached hydrogens (tertiary/aromatic N) is 2. The van der Waals surface area contributed by atoms with E-state index in [1.807, 2.05) is 52.0 Å². The van der Waals surface area contributed by atoms with Crippen LogP contribution in [0, 0.1) is 20.8 Å². The molecule has 0 aliphatic heterocycles. The normalized spacial score (nSPS) is 12.0. The summed E-state index contributed by atoms with van der Waals surface area (Å²) in [6, 6.07) is 20.5. The average Bonchev–Trinajstić information content (AvgIpc) is 2.87. The maximum atomic E-state index is 13.9. The maximum absolute atomic E-state index is 13.9. The topological polar surface area (TPSA) is 86.8 Å². The number of rotatable bonds is 10. The van der Waals surface area contributed by atoms with Crippen LogP contribution in [0.4, 0.5) is 5.69 Å². The van der Waals surface area contributed by atoms with E-state index in [0.29, 0.717) is 12.1 Å². The second kappa shape index (κ2) is 12.1. The van der Waals surface area contributed by atoms with Crippen molar-refractivity contribution in [1.29, 1.82) is 0 Å². The molecule has 0 saturated carbocycles. The number of sulfonamides is 1. The van der Waals surface area contributed by atoms with Crippen LogP contribution < -0.4 is 9.62 Å². The summed E-state index contributed by atoms with van der Waals surface area (Å²) in [7, 11) is -2.54. The van der Waals surface area contributed by atoms with E-state index in [0.717, 1.165) is 26.6 Å². The first-order valence-electron chi connectivity index (χ1n) is 12.3. The summed E-state index contributed by atoms with van der Waals surface area (Å²) in [6.45, 7) is 7.31. The number of likely N-dealkylation sites (N-methyl/N-ethyl adjacent to an activating group) is 1. The zero-order valence-corrected chi connectivity index (χ0v) is 22.9. The molecule has 0 heterocycles. The largest absolute Gasteiger partial charge is 0.357 e. The molecule has 0 spiro atoms. The molecule has 0 unspecified atom stereocenters. The Hall–Kier alpha value is -3.65. The molecule has 0 fully saturated rings. The number of hydrogen-bond donors (Lipinski definition) is 1. The molecule has 1 N–H and O–H groups in total. The molecule has 196 valence electrons. The fraction of sp³-hybridized carbons (Fsp3) is 0.310. The van der Waals surface area contributed by atoms with E-state index < -0.39 is 28.5 Å². The third-order valence-corrected chi connectivity index (χ3v) is 8.07. The average molecular weight is 522 g/mol. The molecule has 0 saturated heterocycles. The predicted molar refractivity (Wildman–Crippen MR) is 147 cm³/mol. The Labute approximate surface area is 220 Å². The number of amides is 2. The summed E-state index contributed by atoms with van der Waals surface area (Å²) in [6.07, 6.45) is 0.381. The van der Waals surface area contributed by atoms with Crippen molar-refractivity contribution in [3.05, 3.63) is 95.1 Å². The third kappa shape index (κ3) is 6.77. The fourth-order valence-electron chi connectivity index (χ4n) is 4.17. The van der Waals surface area contributed by atoms with E-state index >= 15 is 0 Å². The van der Waals surface area contributed by atoms with Gasteiger partial charge in [-0.05, 0) is 57.0 Å². The zero-order chi connectivity index (χ0) is 27.2. The Morgan fingerprint density at radius 3 is 2.00 bits per heavy atom. The van der Waals surface area contributed by atoms with Crippen LogP contribution in [0.2, 0.25) is 0 Å². The van der Waals surface area contributed by atoms with Gasteiger partial charge in [-0.15, -0.1) is 0 Å². The standard InChI is InChI=1S/C29H35N3O4S/c1-6-27(29(34)30-5)31(19-24-9-7-8-23(4)18-24)28(33)20-32(25-14-10-21(2)11-15-25)37(35,36)26-16-12-22(3)13-17-26/h7-18,27H,6,19-20H2,1-5H3,(H,30,34)/t27-/m0/s1. The van der Waals surface area contributed by atoms with E-state index in [9.17, 15) is 18.0 Å².